The van der Waals surface area contributed by atoms with Gasteiger partial charge in [0.1, 0.15) is 0 Å². The van der Waals surface area contributed by atoms with Crippen LogP contribution < -0.4 is 25.6 Å². The molecular weight excluding hydrogens is 398 g/mol. The molecule has 0 atom stereocenters. The van der Waals surface area contributed by atoms with E-state index in [4.69, 9.17) is 9.47 Å². The van der Waals surface area contributed by atoms with Gasteiger partial charge in [0.2, 0.25) is 0 Å². The Kier molecular flexibility index (Phi) is 8.01. The van der Waals surface area contributed by atoms with Gasteiger partial charge >= 0.3 is 0 Å². The zero-order valence-electron chi connectivity index (χ0n) is 18.5. The van der Waals surface area contributed by atoms with E-state index in [1.165, 1.54) is 25.3 Å². The quantitative estimate of drug-likeness (QED) is 0.589. The summed E-state index contributed by atoms with van der Waals surface area (Å²) in [5, 5.41) is 2.85. The van der Waals surface area contributed by atoms with E-state index >= 15 is 0 Å². The van der Waals surface area contributed by atoms with E-state index in [2.05, 4.69) is 16.2 Å². The van der Waals surface area contributed by atoms with Gasteiger partial charge in [-0.2, -0.15) is 0 Å². The molecule has 0 radical (unpaired) electrons. The van der Waals surface area contributed by atoms with Gasteiger partial charge in [0, 0.05) is 22.2 Å². The van der Waals surface area contributed by atoms with E-state index in [-0.39, 0.29) is 11.4 Å². The SMILES string of the molecule is CCCOc1ccc(C(=O)NNC(=O)c2ccc(C(=O)NC(C)(C)C)cc2)cc1OC. The normalized spacial score (nSPS) is 10.7. The van der Waals surface area contributed by atoms with Gasteiger partial charge in [0.15, 0.2) is 11.5 Å². The van der Waals surface area contributed by atoms with E-state index in [0.717, 1.165) is 6.42 Å². The first kappa shape index (κ1) is 23.7. The van der Waals surface area contributed by atoms with Crippen molar-refractivity contribution < 1.29 is 23.9 Å². The monoisotopic (exact) mass is 427 g/mol. The average molecular weight is 428 g/mol. The van der Waals surface area contributed by atoms with Crippen molar-refractivity contribution in [1.29, 1.82) is 0 Å². The average Bonchev–Trinajstić information content (AvgIpc) is 2.74. The van der Waals surface area contributed by atoms with Gasteiger partial charge in [-0.05, 0) is 69.7 Å². The third-order valence-corrected chi connectivity index (χ3v) is 4.07. The Labute approximate surface area is 182 Å². The van der Waals surface area contributed by atoms with Crippen LogP contribution in [0.5, 0.6) is 11.5 Å². The maximum Gasteiger partial charge on any atom is 0.269 e. The van der Waals surface area contributed by atoms with Gasteiger partial charge in [-0.25, -0.2) is 0 Å². The van der Waals surface area contributed by atoms with Crippen molar-refractivity contribution >= 4 is 17.7 Å². The summed E-state index contributed by atoms with van der Waals surface area (Å²) in [6, 6.07) is 10.9. The summed E-state index contributed by atoms with van der Waals surface area (Å²) in [7, 11) is 1.49. The lowest BCUT2D eigenvalue weighted by Gasteiger charge is -2.20. The largest absolute Gasteiger partial charge is 0.493 e. The van der Waals surface area contributed by atoms with Crippen LogP contribution in [0.15, 0.2) is 42.5 Å². The highest BCUT2D eigenvalue weighted by molar-refractivity contribution is 6.00. The van der Waals surface area contributed by atoms with Gasteiger partial charge in [0.25, 0.3) is 17.7 Å². The van der Waals surface area contributed by atoms with Gasteiger partial charge in [-0.15, -0.1) is 0 Å². The Morgan fingerprint density at radius 2 is 1.32 bits per heavy atom. The molecule has 0 heterocycles. The molecule has 31 heavy (non-hydrogen) atoms. The number of hydrogen-bond donors (Lipinski definition) is 3. The summed E-state index contributed by atoms with van der Waals surface area (Å²) < 4.78 is 10.8. The first-order chi connectivity index (χ1) is 14.6. The molecule has 0 unspecified atom stereocenters. The van der Waals surface area contributed by atoms with Crippen molar-refractivity contribution in [1.82, 2.24) is 16.2 Å². The van der Waals surface area contributed by atoms with Crippen LogP contribution in [0, 0.1) is 0 Å². The number of amides is 3. The fourth-order valence-electron chi connectivity index (χ4n) is 2.58. The lowest BCUT2D eigenvalue weighted by atomic mass is 10.1. The van der Waals surface area contributed by atoms with E-state index in [0.29, 0.717) is 34.8 Å². The number of benzene rings is 2. The molecule has 0 spiro atoms. The van der Waals surface area contributed by atoms with Crippen LogP contribution in [-0.4, -0.2) is 37.0 Å². The van der Waals surface area contributed by atoms with E-state index in [1.807, 2.05) is 27.7 Å². The van der Waals surface area contributed by atoms with Crippen LogP contribution in [0.3, 0.4) is 0 Å². The van der Waals surface area contributed by atoms with Crippen molar-refractivity contribution in [2.24, 2.45) is 0 Å². The van der Waals surface area contributed by atoms with Crippen LogP contribution in [0.2, 0.25) is 0 Å². The summed E-state index contributed by atoms with van der Waals surface area (Å²) in [5.41, 5.74) is 5.40. The summed E-state index contributed by atoms with van der Waals surface area (Å²) in [6.07, 6.45) is 0.847. The molecule has 3 amide bonds. The predicted octanol–water partition coefficient (Wildman–Crippen LogP) is 3.09. The lowest BCUT2D eigenvalue weighted by Crippen LogP contribution is -2.42. The molecule has 2 rings (SSSR count). The van der Waals surface area contributed by atoms with E-state index in [9.17, 15) is 14.4 Å². The Bertz CT molecular complexity index is 933. The first-order valence-corrected chi connectivity index (χ1v) is 9.98. The first-order valence-electron chi connectivity index (χ1n) is 9.98. The number of nitrogens with one attached hydrogen (secondary N) is 3. The van der Waals surface area contributed by atoms with Crippen molar-refractivity contribution in [3.8, 4) is 11.5 Å². The van der Waals surface area contributed by atoms with Crippen molar-refractivity contribution in [3.63, 3.8) is 0 Å². The number of hydrogen-bond acceptors (Lipinski definition) is 5. The number of ether oxygens (including phenoxy) is 2. The molecular formula is C23H29N3O5. The molecule has 0 aliphatic carbocycles. The van der Waals surface area contributed by atoms with Gasteiger partial charge < -0.3 is 14.8 Å². The second-order valence-corrected chi connectivity index (χ2v) is 7.90. The second-order valence-electron chi connectivity index (χ2n) is 7.90. The van der Waals surface area contributed by atoms with E-state index < -0.39 is 11.8 Å². The summed E-state index contributed by atoms with van der Waals surface area (Å²) in [4.78, 5) is 36.8. The minimum Gasteiger partial charge on any atom is -0.493 e. The predicted molar refractivity (Wildman–Crippen MR) is 117 cm³/mol. The zero-order valence-corrected chi connectivity index (χ0v) is 18.5. The standard InChI is InChI=1S/C23H29N3O5/c1-6-13-31-18-12-11-17(14-19(18)30-5)22(29)26-25-21(28)16-9-7-15(8-10-16)20(27)24-23(2,3)4/h7-12,14H,6,13H2,1-5H3,(H,24,27)(H,25,28)(H,26,29). The van der Waals surface area contributed by atoms with Crippen molar-refractivity contribution in [2.75, 3.05) is 13.7 Å². The molecule has 0 bridgehead atoms. The molecule has 0 saturated heterocycles. The molecule has 3 N–H and O–H groups in total. The number of rotatable bonds is 7. The van der Waals surface area contributed by atoms with Crippen LogP contribution in [0.1, 0.15) is 65.2 Å². The van der Waals surface area contributed by atoms with Gasteiger partial charge in [-0.1, -0.05) is 6.92 Å². The molecule has 0 saturated carbocycles. The number of carbonyl (C=O) groups is 3. The highest BCUT2D eigenvalue weighted by Gasteiger charge is 2.16. The Morgan fingerprint density at radius 3 is 1.84 bits per heavy atom. The summed E-state index contributed by atoms with van der Waals surface area (Å²) in [5.74, 6) is -0.272. The lowest BCUT2D eigenvalue weighted by molar-refractivity contribution is 0.0846. The fraction of sp³-hybridized carbons (Fsp3) is 0.348. The smallest absolute Gasteiger partial charge is 0.269 e. The van der Waals surface area contributed by atoms with Gasteiger partial charge in [0.05, 0.1) is 13.7 Å². The second kappa shape index (κ2) is 10.5. The minimum atomic E-state index is -0.508. The third-order valence-electron chi connectivity index (χ3n) is 4.07. The third kappa shape index (κ3) is 7.02. The van der Waals surface area contributed by atoms with Gasteiger partial charge in [-0.3, -0.25) is 25.2 Å². The Morgan fingerprint density at radius 1 is 0.806 bits per heavy atom. The molecule has 166 valence electrons. The minimum absolute atomic E-state index is 0.229. The van der Waals surface area contributed by atoms with Crippen molar-refractivity contribution in [3.05, 3.63) is 59.2 Å². The van der Waals surface area contributed by atoms with Crippen LogP contribution in [0.4, 0.5) is 0 Å². The number of hydrazine groups is 1. The number of carbonyl (C=O) groups excluding carboxylic acids is 3. The maximum absolute atomic E-state index is 12.4. The maximum atomic E-state index is 12.4. The summed E-state index contributed by atoms with van der Waals surface area (Å²) >= 11 is 0. The van der Waals surface area contributed by atoms with Crippen LogP contribution in [-0.2, 0) is 0 Å². The molecule has 2 aromatic carbocycles. The summed E-state index contributed by atoms with van der Waals surface area (Å²) in [6.45, 7) is 8.18. The van der Waals surface area contributed by atoms with E-state index in [1.54, 1.807) is 24.3 Å². The molecule has 0 aliphatic heterocycles. The Balaban J connectivity index is 1.97. The molecule has 2 aromatic rings. The van der Waals surface area contributed by atoms with Crippen molar-refractivity contribution in [2.45, 2.75) is 39.7 Å². The highest BCUT2D eigenvalue weighted by Crippen LogP contribution is 2.28. The molecule has 8 nitrogen and oxygen atoms in total. The Hall–Kier alpha value is -3.55. The molecule has 8 heteroatoms. The zero-order chi connectivity index (χ0) is 23.0. The highest BCUT2D eigenvalue weighted by atomic mass is 16.5. The fourth-order valence-corrected chi connectivity index (χ4v) is 2.58. The van der Waals surface area contributed by atoms with Crippen LogP contribution >= 0.6 is 0 Å². The van der Waals surface area contributed by atoms with Crippen LogP contribution in [0.25, 0.3) is 0 Å². The number of methoxy groups -OCH3 is 1. The molecule has 0 aromatic heterocycles. The molecule has 0 fully saturated rings. The topological polar surface area (TPSA) is 106 Å². The molecule has 0 aliphatic rings.